The highest BCUT2D eigenvalue weighted by molar-refractivity contribution is 5.42. The molecule has 1 N–H and O–H groups in total. The van der Waals surface area contributed by atoms with E-state index in [1.807, 2.05) is 25.1 Å². The Morgan fingerprint density at radius 2 is 2.23 bits per heavy atom. The molecule has 1 aromatic carbocycles. The van der Waals surface area contributed by atoms with Crippen molar-refractivity contribution >= 4 is 0 Å². The fourth-order valence-electron chi connectivity index (χ4n) is 1.53. The van der Waals surface area contributed by atoms with Crippen molar-refractivity contribution in [3.05, 3.63) is 42.0 Å². The molecule has 0 saturated heterocycles. The first kappa shape index (κ1) is 9.85. The van der Waals surface area contributed by atoms with Crippen LogP contribution in [0.25, 0.3) is 0 Å². The number of hydrogen-bond acceptors (Lipinski definition) is 1. The second-order valence-electron chi connectivity index (χ2n) is 3.22. The summed E-state index contributed by atoms with van der Waals surface area (Å²) in [6.07, 6.45) is 2.76. The molecule has 1 nitrogen and oxygen atoms in total. The second kappa shape index (κ2) is 4.13. The Balaban J connectivity index is 3.19. The van der Waals surface area contributed by atoms with Crippen LogP contribution in [-0.4, -0.2) is 5.11 Å². The smallest absolute Gasteiger partial charge is 0.119 e. The summed E-state index contributed by atoms with van der Waals surface area (Å²) < 4.78 is 0. The lowest BCUT2D eigenvalue weighted by molar-refractivity contribution is 0.467. The first-order valence-corrected chi connectivity index (χ1v) is 4.64. The summed E-state index contributed by atoms with van der Waals surface area (Å²) in [5.74, 6) is 0.704. The molecule has 0 saturated carbocycles. The number of hydrogen-bond donors (Lipinski definition) is 1. The van der Waals surface area contributed by atoms with E-state index < -0.39 is 0 Å². The monoisotopic (exact) mass is 176 g/mol. The van der Waals surface area contributed by atoms with E-state index in [2.05, 4.69) is 13.5 Å². The van der Waals surface area contributed by atoms with Gasteiger partial charge in [-0.3, -0.25) is 0 Å². The fraction of sp³-hybridized carbons (Fsp3) is 0.333. The highest BCUT2D eigenvalue weighted by Gasteiger charge is 2.09. The van der Waals surface area contributed by atoms with Crippen LogP contribution in [0, 0.1) is 0 Å². The molecule has 13 heavy (non-hydrogen) atoms. The minimum absolute atomic E-state index is 0.307. The molecule has 0 bridgehead atoms. The Morgan fingerprint density at radius 1 is 1.54 bits per heavy atom. The summed E-state index contributed by atoms with van der Waals surface area (Å²) >= 11 is 0. The van der Waals surface area contributed by atoms with Crippen molar-refractivity contribution in [1.29, 1.82) is 0 Å². The van der Waals surface area contributed by atoms with E-state index in [1.54, 1.807) is 6.07 Å². The summed E-state index contributed by atoms with van der Waals surface area (Å²) in [6.45, 7) is 7.89. The third kappa shape index (κ3) is 1.92. The standard InChI is InChI=1S/C12H16O/c1-4-9(3)11-7-6-8-12(13)10(11)5-2/h4,6-9,13H,1,5H2,2-3H3. The fourth-order valence-corrected chi connectivity index (χ4v) is 1.53. The van der Waals surface area contributed by atoms with Gasteiger partial charge in [0.15, 0.2) is 0 Å². The van der Waals surface area contributed by atoms with Crippen molar-refractivity contribution in [1.82, 2.24) is 0 Å². The molecule has 0 aromatic heterocycles. The average molecular weight is 176 g/mol. The normalized spacial score (nSPS) is 12.5. The molecule has 0 radical (unpaired) electrons. The first-order valence-electron chi connectivity index (χ1n) is 4.64. The van der Waals surface area contributed by atoms with Crippen molar-refractivity contribution in [2.45, 2.75) is 26.2 Å². The van der Waals surface area contributed by atoms with Crippen LogP contribution in [0.4, 0.5) is 0 Å². The van der Waals surface area contributed by atoms with E-state index in [9.17, 15) is 5.11 Å². The lowest BCUT2D eigenvalue weighted by Crippen LogP contribution is -1.95. The minimum atomic E-state index is 0.307. The summed E-state index contributed by atoms with van der Waals surface area (Å²) in [7, 11) is 0. The van der Waals surface area contributed by atoms with Crippen LogP contribution in [0.5, 0.6) is 5.75 Å². The Kier molecular flexibility index (Phi) is 3.13. The zero-order valence-electron chi connectivity index (χ0n) is 8.25. The average Bonchev–Trinajstić information content (AvgIpc) is 2.16. The summed E-state index contributed by atoms with van der Waals surface area (Å²) in [5.41, 5.74) is 2.22. The quantitative estimate of drug-likeness (QED) is 0.701. The third-order valence-corrected chi connectivity index (χ3v) is 2.39. The molecule has 1 atom stereocenters. The second-order valence-corrected chi connectivity index (χ2v) is 3.22. The maximum absolute atomic E-state index is 9.60. The maximum atomic E-state index is 9.60. The SMILES string of the molecule is C=CC(C)c1cccc(O)c1CC. The van der Waals surface area contributed by atoms with Crippen LogP contribution < -0.4 is 0 Å². The van der Waals surface area contributed by atoms with Crippen LogP contribution in [0.1, 0.15) is 30.9 Å². The zero-order chi connectivity index (χ0) is 9.84. The van der Waals surface area contributed by atoms with Gasteiger partial charge in [-0.25, -0.2) is 0 Å². The van der Waals surface area contributed by atoms with Gasteiger partial charge in [0.05, 0.1) is 0 Å². The van der Waals surface area contributed by atoms with Gasteiger partial charge in [-0.15, -0.1) is 6.58 Å². The van der Waals surface area contributed by atoms with Gasteiger partial charge in [-0.05, 0) is 29.5 Å². The molecular weight excluding hydrogens is 160 g/mol. The highest BCUT2D eigenvalue weighted by Crippen LogP contribution is 2.27. The molecule has 0 fully saturated rings. The number of allylic oxidation sites excluding steroid dienone is 1. The topological polar surface area (TPSA) is 20.2 Å². The van der Waals surface area contributed by atoms with Crippen molar-refractivity contribution < 1.29 is 5.11 Å². The van der Waals surface area contributed by atoms with E-state index in [0.29, 0.717) is 11.7 Å². The van der Waals surface area contributed by atoms with Gasteiger partial charge < -0.3 is 5.11 Å². The lowest BCUT2D eigenvalue weighted by atomic mass is 9.94. The van der Waals surface area contributed by atoms with Gasteiger partial charge in [0.2, 0.25) is 0 Å². The lowest BCUT2D eigenvalue weighted by Gasteiger charge is -2.12. The molecule has 0 aliphatic carbocycles. The Morgan fingerprint density at radius 3 is 2.77 bits per heavy atom. The molecule has 1 rings (SSSR count). The Labute approximate surface area is 79.7 Å². The highest BCUT2D eigenvalue weighted by atomic mass is 16.3. The molecule has 1 heteroatoms. The minimum Gasteiger partial charge on any atom is -0.508 e. The van der Waals surface area contributed by atoms with E-state index in [1.165, 1.54) is 5.56 Å². The number of aromatic hydroxyl groups is 1. The van der Waals surface area contributed by atoms with Crippen LogP contribution in [0.15, 0.2) is 30.9 Å². The van der Waals surface area contributed by atoms with Crippen molar-refractivity contribution in [3.8, 4) is 5.75 Å². The van der Waals surface area contributed by atoms with Crippen molar-refractivity contribution in [2.75, 3.05) is 0 Å². The van der Waals surface area contributed by atoms with E-state index in [-0.39, 0.29) is 0 Å². The summed E-state index contributed by atoms with van der Waals surface area (Å²) in [6, 6.07) is 5.66. The summed E-state index contributed by atoms with van der Waals surface area (Å²) in [5, 5.41) is 9.60. The van der Waals surface area contributed by atoms with Crippen molar-refractivity contribution in [2.24, 2.45) is 0 Å². The largest absolute Gasteiger partial charge is 0.508 e. The number of benzene rings is 1. The predicted molar refractivity (Wildman–Crippen MR) is 56.1 cm³/mol. The van der Waals surface area contributed by atoms with Gasteiger partial charge >= 0.3 is 0 Å². The van der Waals surface area contributed by atoms with Gasteiger partial charge in [-0.1, -0.05) is 32.1 Å². The van der Waals surface area contributed by atoms with Crippen LogP contribution in [0.2, 0.25) is 0 Å². The van der Waals surface area contributed by atoms with Gasteiger partial charge in [0, 0.05) is 0 Å². The van der Waals surface area contributed by atoms with Gasteiger partial charge in [0.25, 0.3) is 0 Å². The molecule has 0 heterocycles. The maximum Gasteiger partial charge on any atom is 0.119 e. The molecule has 0 amide bonds. The van der Waals surface area contributed by atoms with Gasteiger partial charge in [0.1, 0.15) is 5.75 Å². The number of phenols is 1. The van der Waals surface area contributed by atoms with E-state index in [0.717, 1.165) is 12.0 Å². The zero-order valence-corrected chi connectivity index (χ0v) is 8.25. The molecule has 0 aliphatic rings. The van der Waals surface area contributed by atoms with Crippen LogP contribution in [-0.2, 0) is 6.42 Å². The number of phenolic OH excluding ortho intramolecular Hbond substituents is 1. The molecular formula is C12H16O. The number of rotatable bonds is 3. The predicted octanol–water partition coefficient (Wildman–Crippen LogP) is 3.24. The molecule has 1 unspecified atom stereocenters. The Hall–Kier alpha value is -1.24. The van der Waals surface area contributed by atoms with E-state index >= 15 is 0 Å². The molecule has 0 aliphatic heterocycles. The molecule has 0 spiro atoms. The van der Waals surface area contributed by atoms with Crippen LogP contribution in [0.3, 0.4) is 0 Å². The Bertz CT molecular complexity index is 302. The molecule has 70 valence electrons. The van der Waals surface area contributed by atoms with Crippen LogP contribution >= 0.6 is 0 Å². The third-order valence-electron chi connectivity index (χ3n) is 2.39. The van der Waals surface area contributed by atoms with Crippen molar-refractivity contribution in [3.63, 3.8) is 0 Å². The first-order chi connectivity index (χ1) is 6.20. The summed E-state index contributed by atoms with van der Waals surface area (Å²) in [4.78, 5) is 0. The van der Waals surface area contributed by atoms with Gasteiger partial charge in [-0.2, -0.15) is 0 Å². The van der Waals surface area contributed by atoms with E-state index in [4.69, 9.17) is 0 Å². The molecule has 1 aromatic rings.